The van der Waals surface area contributed by atoms with E-state index in [9.17, 15) is 14.4 Å². The van der Waals surface area contributed by atoms with Crippen molar-refractivity contribution in [2.75, 3.05) is 45.3 Å². The van der Waals surface area contributed by atoms with E-state index in [0.717, 1.165) is 0 Å². The lowest BCUT2D eigenvalue weighted by molar-refractivity contribution is -0.149. The second-order valence-electron chi connectivity index (χ2n) is 5.95. The number of nitrogens with one attached hydrogen (secondary N) is 1. The Morgan fingerprint density at radius 2 is 1.92 bits per heavy atom. The summed E-state index contributed by atoms with van der Waals surface area (Å²) < 4.78 is 9.85. The van der Waals surface area contributed by atoms with E-state index in [4.69, 9.17) is 14.6 Å². The first kappa shape index (κ1) is 19.7. The molecule has 1 aliphatic rings. The first-order valence-corrected chi connectivity index (χ1v) is 8.53. The van der Waals surface area contributed by atoms with E-state index in [1.54, 1.807) is 29.2 Å². The minimum Gasteiger partial charge on any atom is -0.469 e. The first-order chi connectivity index (χ1) is 12.6. The summed E-state index contributed by atoms with van der Waals surface area (Å²) in [7, 11) is 1.35. The number of ether oxygens (including phenoxy) is 2. The van der Waals surface area contributed by atoms with Gasteiger partial charge in [0.1, 0.15) is 0 Å². The van der Waals surface area contributed by atoms with Crippen molar-refractivity contribution in [3.63, 3.8) is 0 Å². The van der Waals surface area contributed by atoms with Crippen LogP contribution in [0.2, 0.25) is 0 Å². The van der Waals surface area contributed by atoms with Crippen molar-refractivity contribution in [3.8, 4) is 0 Å². The monoisotopic (exact) mass is 364 g/mol. The Kier molecular flexibility index (Phi) is 7.40. The fraction of sp³-hybridized carbons (Fsp3) is 0.500. The van der Waals surface area contributed by atoms with Crippen LogP contribution in [0, 0.1) is 5.92 Å². The number of nitrogens with zero attached hydrogens (tertiary/aromatic N) is 1. The Labute approximate surface area is 152 Å². The average Bonchev–Trinajstić information content (AvgIpc) is 2.69. The fourth-order valence-electron chi connectivity index (χ4n) is 2.83. The maximum Gasteiger partial charge on any atom is 0.340 e. The predicted octanol–water partition coefficient (Wildman–Crippen LogP) is 0.659. The number of hydrogen-bond donors (Lipinski definition) is 2. The number of para-hydroxylation sites is 1. The third-order valence-electron chi connectivity index (χ3n) is 4.28. The molecular weight excluding hydrogens is 340 g/mol. The maximum absolute atomic E-state index is 12.2. The van der Waals surface area contributed by atoms with Crippen LogP contribution in [0.25, 0.3) is 0 Å². The van der Waals surface area contributed by atoms with E-state index in [0.29, 0.717) is 43.7 Å². The Balaban J connectivity index is 1.84. The Bertz CT molecular complexity index is 640. The van der Waals surface area contributed by atoms with Gasteiger partial charge >= 0.3 is 11.9 Å². The molecule has 26 heavy (non-hydrogen) atoms. The number of carbonyl (C=O) groups excluding carboxylic acids is 3. The summed E-state index contributed by atoms with van der Waals surface area (Å²) in [6, 6.07) is 6.74. The zero-order valence-electron chi connectivity index (χ0n) is 14.8. The van der Waals surface area contributed by atoms with Crippen molar-refractivity contribution in [1.82, 2.24) is 4.90 Å². The average molecular weight is 364 g/mol. The minimum absolute atomic E-state index is 0.0661. The van der Waals surface area contributed by atoms with E-state index in [-0.39, 0.29) is 31.0 Å². The number of piperidine rings is 1. The zero-order chi connectivity index (χ0) is 18.9. The van der Waals surface area contributed by atoms with Gasteiger partial charge < -0.3 is 24.8 Å². The molecule has 2 rings (SSSR count). The SMILES string of the molecule is COC(=O)C1CCN(C(=O)COC(=O)c2ccccc2NCCO)CC1. The van der Waals surface area contributed by atoms with Crippen LogP contribution in [0.4, 0.5) is 5.69 Å². The Morgan fingerprint density at radius 1 is 1.23 bits per heavy atom. The molecule has 0 radical (unpaired) electrons. The highest BCUT2D eigenvalue weighted by atomic mass is 16.5. The fourth-order valence-corrected chi connectivity index (χ4v) is 2.83. The first-order valence-electron chi connectivity index (χ1n) is 8.53. The van der Waals surface area contributed by atoms with Crippen molar-refractivity contribution in [2.45, 2.75) is 12.8 Å². The highest BCUT2D eigenvalue weighted by Gasteiger charge is 2.28. The third-order valence-corrected chi connectivity index (χ3v) is 4.28. The smallest absolute Gasteiger partial charge is 0.340 e. The van der Waals surface area contributed by atoms with Crippen LogP contribution in [0.5, 0.6) is 0 Å². The molecule has 8 nitrogen and oxygen atoms in total. The van der Waals surface area contributed by atoms with Gasteiger partial charge in [0.2, 0.25) is 0 Å². The van der Waals surface area contributed by atoms with Gasteiger partial charge in [0.05, 0.1) is 25.2 Å². The molecule has 0 aromatic heterocycles. The van der Waals surface area contributed by atoms with Gasteiger partial charge in [-0.1, -0.05) is 12.1 Å². The molecule has 0 unspecified atom stereocenters. The quantitative estimate of drug-likeness (QED) is 0.685. The standard InChI is InChI=1S/C18H24N2O6/c1-25-17(23)13-6-9-20(10-7-13)16(22)12-26-18(24)14-4-2-3-5-15(14)19-8-11-21/h2-5,13,19,21H,6-12H2,1H3. The number of aliphatic hydroxyl groups excluding tert-OH is 1. The number of amides is 1. The molecule has 0 aliphatic carbocycles. The molecule has 0 bridgehead atoms. The lowest BCUT2D eigenvalue weighted by atomic mass is 9.97. The van der Waals surface area contributed by atoms with Gasteiger partial charge in [0, 0.05) is 25.3 Å². The molecular formula is C18H24N2O6. The molecule has 0 spiro atoms. The van der Waals surface area contributed by atoms with Crippen molar-refractivity contribution in [3.05, 3.63) is 29.8 Å². The number of rotatable bonds is 7. The normalized spacial score (nSPS) is 14.6. The van der Waals surface area contributed by atoms with E-state index in [1.165, 1.54) is 7.11 Å². The number of hydrogen-bond acceptors (Lipinski definition) is 7. The van der Waals surface area contributed by atoms with Crippen LogP contribution in [0.3, 0.4) is 0 Å². The van der Waals surface area contributed by atoms with Crippen LogP contribution in [0.15, 0.2) is 24.3 Å². The summed E-state index contributed by atoms with van der Waals surface area (Å²) in [4.78, 5) is 37.6. The maximum atomic E-state index is 12.2. The van der Waals surface area contributed by atoms with Crippen molar-refractivity contribution >= 4 is 23.5 Å². The van der Waals surface area contributed by atoms with Gasteiger partial charge in [0.15, 0.2) is 6.61 Å². The minimum atomic E-state index is -0.608. The van der Waals surface area contributed by atoms with E-state index >= 15 is 0 Å². The van der Waals surface area contributed by atoms with Gasteiger partial charge in [-0.15, -0.1) is 0 Å². The Hall–Kier alpha value is -2.61. The number of benzene rings is 1. The molecule has 1 aromatic rings. The topological polar surface area (TPSA) is 105 Å². The van der Waals surface area contributed by atoms with Gasteiger partial charge in [-0.25, -0.2) is 4.79 Å². The van der Waals surface area contributed by atoms with Crippen LogP contribution < -0.4 is 5.32 Å². The molecule has 1 fully saturated rings. The largest absolute Gasteiger partial charge is 0.469 e. The lowest BCUT2D eigenvalue weighted by Crippen LogP contribution is -2.42. The summed E-state index contributed by atoms with van der Waals surface area (Å²) in [5, 5.41) is 11.8. The summed E-state index contributed by atoms with van der Waals surface area (Å²) in [6.45, 7) is 0.757. The summed E-state index contributed by atoms with van der Waals surface area (Å²) in [6.07, 6.45) is 1.08. The number of likely N-dealkylation sites (tertiary alicyclic amines) is 1. The van der Waals surface area contributed by atoms with E-state index in [2.05, 4.69) is 5.32 Å². The van der Waals surface area contributed by atoms with Crippen molar-refractivity contribution in [1.29, 1.82) is 0 Å². The van der Waals surface area contributed by atoms with E-state index in [1.807, 2.05) is 0 Å². The molecule has 1 heterocycles. The van der Waals surface area contributed by atoms with Crippen LogP contribution in [-0.2, 0) is 19.1 Å². The second-order valence-corrected chi connectivity index (χ2v) is 5.95. The number of carbonyl (C=O) groups is 3. The lowest BCUT2D eigenvalue weighted by Gasteiger charge is -2.30. The van der Waals surface area contributed by atoms with Gasteiger partial charge in [-0.05, 0) is 25.0 Å². The molecule has 142 valence electrons. The van der Waals surface area contributed by atoms with Gasteiger partial charge in [-0.2, -0.15) is 0 Å². The van der Waals surface area contributed by atoms with Gasteiger partial charge in [0.25, 0.3) is 5.91 Å². The number of methoxy groups -OCH3 is 1. The van der Waals surface area contributed by atoms with E-state index < -0.39 is 5.97 Å². The summed E-state index contributed by atoms with van der Waals surface area (Å²) in [5.41, 5.74) is 0.844. The Morgan fingerprint density at radius 3 is 2.58 bits per heavy atom. The van der Waals surface area contributed by atoms with Gasteiger partial charge in [-0.3, -0.25) is 9.59 Å². The molecule has 1 aliphatic heterocycles. The molecule has 1 aromatic carbocycles. The highest BCUT2D eigenvalue weighted by molar-refractivity contribution is 5.96. The van der Waals surface area contributed by atoms with Crippen LogP contribution >= 0.6 is 0 Å². The molecule has 0 atom stereocenters. The van der Waals surface area contributed by atoms with Crippen LogP contribution in [0.1, 0.15) is 23.2 Å². The summed E-state index contributed by atoms with van der Waals surface area (Å²) in [5.74, 6) is -1.34. The highest BCUT2D eigenvalue weighted by Crippen LogP contribution is 2.19. The zero-order valence-corrected chi connectivity index (χ0v) is 14.8. The predicted molar refractivity (Wildman–Crippen MR) is 93.6 cm³/mol. The molecule has 1 saturated heterocycles. The number of esters is 2. The van der Waals surface area contributed by atoms with Crippen molar-refractivity contribution < 1.29 is 29.0 Å². The molecule has 8 heteroatoms. The molecule has 0 saturated carbocycles. The third kappa shape index (κ3) is 5.19. The second kappa shape index (κ2) is 9.76. The number of anilines is 1. The molecule has 2 N–H and O–H groups in total. The van der Waals surface area contributed by atoms with Crippen molar-refractivity contribution in [2.24, 2.45) is 5.92 Å². The van der Waals surface area contributed by atoms with Crippen LogP contribution in [-0.4, -0.2) is 67.8 Å². The number of aliphatic hydroxyl groups is 1. The summed E-state index contributed by atoms with van der Waals surface area (Å²) >= 11 is 0. The molecule has 1 amide bonds.